The van der Waals surface area contributed by atoms with Crippen LogP contribution in [0.1, 0.15) is 23.0 Å². The standard InChI is InChI=1S/C12H10N4O2/c1-2-18-12(17)9-7-14-16(8-9)11-5-3-4-10(6-13)15-11/h3-5,7-8H,2H2,1H3. The van der Waals surface area contributed by atoms with Crippen molar-refractivity contribution in [3.63, 3.8) is 0 Å². The lowest BCUT2D eigenvalue weighted by Crippen LogP contribution is -2.03. The molecule has 0 radical (unpaired) electrons. The molecular formula is C12H10N4O2. The van der Waals surface area contributed by atoms with Crippen LogP contribution < -0.4 is 0 Å². The molecule has 2 rings (SSSR count). The quantitative estimate of drug-likeness (QED) is 0.758. The number of nitriles is 1. The van der Waals surface area contributed by atoms with E-state index in [1.165, 1.54) is 17.1 Å². The molecule has 0 spiro atoms. The molecule has 6 nitrogen and oxygen atoms in total. The summed E-state index contributed by atoms with van der Waals surface area (Å²) in [5.74, 6) is 0.0461. The van der Waals surface area contributed by atoms with Gasteiger partial charge < -0.3 is 4.74 Å². The fourth-order valence-electron chi connectivity index (χ4n) is 1.38. The van der Waals surface area contributed by atoms with Crippen molar-refractivity contribution in [1.82, 2.24) is 14.8 Å². The SMILES string of the molecule is CCOC(=O)c1cnn(-c2cccc(C#N)n2)c1. The van der Waals surface area contributed by atoms with Crippen LogP contribution in [0.2, 0.25) is 0 Å². The molecule has 0 unspecified atom stereocenters. The molecule has 18 heavy (non-hydrogen) atoms. The van der Waals surface area contributed by atoms with Gasteiger partial charge >= 0.3 is 5.97 Å². The van der Waals surface area contributed by atoms with Crippen LogP contribution in [0.5, 0.6) is 0 Å². The van der Waals surface area contributed by atoms with Crippen molar-refractivity contribution in [2.45, 2.75) is 6.92 Å². The first-order valence-corrected chi connectivity index (χ1v) is 5.34. The number of hydrogen-bond donors (Lipinski definition) is 0. The number of hydrogen-bond acceptors (Lipinski definition) is 5. The first kappa shape index (κ1) is 11.8. The maximum Gasteiger partial charge on any atom is 0.341 e. The normalized spacial score (nSPS) is 9.78. The van der Waals surface area contributed by atoms with Gasteiger partial charge in [-0.3, -0.25) is 0 Å². The Morgan fingerprint density at radius 1 is 1.56 bits per heavy atom. The minimum Gasteiger partial charge on any atom is -0.462 e. The molecule has 0 aliphatic rings. The van der Waals surface area contributed by atoms with Gasteiger partial charge in [-0.25, -0.2) is 14.5 Å². The fourth-order valence-corrected chi connectivity index (χ4v) is 1.38. The number of carbonyl (C=O) groups is 1. The molecule has 0 N–H and O–H groups in total. The van der Waals surface area contributed by atoms with Crippen LogP contribution in [0, 0.1) is 11.3 Å². The largest absolute Gasteiger partial charge is 0.462 e. The fraction of sp³-hybridized carbons (Fsp3) is 0.167. The molecule has 2 aromatic rings. The highest BCUT2D eigenvalue weighted by Gasteiger charge is 2.10. The van der Waals surface area contributed by atoms with Crippen molar-refractivity contribution >= 4 is 5.97 Å². The van der Waals surface area contributed by atoms with Crippen molar-refractivity contribution in [2.75, 3.05) is 6.61 Å². The van der Waals surface area contributed by atoms with Crippen LogP contribution >= 0.6 is 0 Å². The molecule has 0 aromatic carbocycles. The molecule has 0 saturated heterocycles. The van der Waals surface area contributed by atoms with Crippen molar-refractivity contribution in [1.29, 1.82) is 5.26 Å². The van der Waals surface area contributed by atoms with E-state index in [2.05, 4.69) is 10.1 Å². The Kier molecular flexibility index (Phi) is 3.34. The predicted octanol–water partition coefficient (Wildman–Crippen LogP) is 1.32. The van der Waals surface area contributed by atoms with Crippen LogP contribution in [0.15, 0.2) is 30.6 Å². The molecule has 0 fully saturated rings. The Balaban J connectivity index is 2.29. The van der Waals surface area contributed by atoms with Gasteiger partial charge in [0.1, 0.15) is 11.8 Å². The van der Waals surface area contributed by atoms with E-state index in [1.54, 1.807) is 25.1 Å². The lowest BCUT2D eigenvalue weighted by molar-refractivity contribution is 0.0526. The highest BCUT2D eigenvalue weighted by molar-refractivity contribution is 5.88. The monoisotopic (exact) mass is 242 g/mol. The zero-order chi connectivity index (χ0) is 13.0. The number of pyridine rings is 1. The van der Waals surface area contributed by atoms with Gasteiger partial charge in [-0.2, -0.15) is 10.4 Å². The smallest absolute Gasteiger partial charge is 0.341 e. The van der Waals surface area contributed by atoms with E-state index < -0.39 is 5.97 Å². The van der Waals surface area contributed by atoms with Gasteiger partial charge in [-0.05, 0) is 19.1 Å². The minimum atomic E-state index is -0.430. The molecular weight excluding hydrogens is 232 g/mol. The van der Waals surface area contributed by atoms with Gasteiger partial charge in [0.05, 0.1) is 18.4 Å². The van der Waals surface area contributed by atoms with Crippen LogP contribution in [-0.4, -0.2) is 27.3 Å². The van der Waals surface area contributed by atoms with Gasteiger partial charge in [-0.1, -0.05) is 6.07 Å². The third kappa shape index (κ3) is 2.35. The summed E-state index contributed by atoms with van der Waals surface area (Å²) in [6, 6.07) is 6.94. The summed E-state index contributed by atoms with van der Waals surface area (Å²) in [6.07, 6.45) is 2.92. The molecule has 0 aliphatic heterocycles. The summed E-state index contributed by atoms with van der Waals surface area (Å²) in [6.45, 7) is 2.05. The molecule has 0 saturated carbocycles. The number of rotatable bonds is 3. The lowest BCUT2D eigenvalue weighted by Gasteiger charge is -1.99. The van der Waals surface area contributed by atoms with Gasteiger partial charge in [-0.15, -0.1) is 0 Å². The van der Waals surface area contributed by atoms with Crippen molar-refractivity contribution in [3.8, 4) is 11.9 Å². The van der Waals surface area contributed by atoms with Gasteiger partial charge in [0.15, 0.2) is 5.82 Å². The van der Waals surface area contributed by atoms with E-state index in [9.17, 15) is 4.79 Å². The molecule has 0 aliphatic carbocycles. The molecule has 0 atom stereocenters. The van der Waals surface area contributed by atoms with Crippen LogP contribution in [-0.2, 0) is 4.74 Å². The van der Waals surface area contributed by atoms with E-state index in [0.717, 1.165) is 0 Å². The van der Waals surface area contributed by atoms with Crippen LogP contribution in [0.4, 0.5) is 0 Å². The molecule has 0 bridgehead atoms. The first-order valence-electron chi connectivity index (χ1n) is 5.34. The summed E-state index contributed by atoms with van der Waals surface area (Å²) in [5.41, 5.74) is 0.640. The maximum atomic E-state index is 11.5. The summed E-state index contributed by atoms with van der Waals surface area (Å²) in [7, 11) is 0. The van der Waals surface area contributed by atoms with E-state index in [-0.39, 0.29) is 0 Å². The van der Waals surface area contributed by atoms with E-state index in [0.29, 0.717) is 23.7 Å². The topological polar surface area (TPSA) is 80.8 Å². The maximum absolute atomic E-state index is 11.5. The zero-order valence-electron chi connectivity index (χ0n) is 9.70. The van der Waals surface area contributed by atoms with E-state index in [1.807, 2.05) is 6.07 Å². The van der Waals surface area contributed by atoms with E-state index >= 15 is 0 Å². The average Bonchev–Trinajstić information content (AvgIpc) is 2.89. The second-order valence-electron chi connectivity index (χ2n) is 3.39. The number of ether oxygens (including phenoxy) is 1. The average molecular weight is 242 g/mol. The van der Waals surface area contributed by atoms with Gasteiger partial charge in [0, 0.05) is 6.20 Å². The van der Waals surface area contributed by atoms with Gasteiger partial charge in [0.25, 0.3) is 0 Å². The lowest BCUT2D eigenvalue weighted by atomic mass is 10.3. The second kappa shape index (κ2) is 5.10. The number of aromatic nitrogens is 3. The molecule has 2 heterocycles. The molecule has 2 aromatic heterocycles. The second-order valence-corrected chi connectivity index (χ2v) is 3.39. The number of nitrogens with zero attached hydrogens (tertiary/aromatic N) is 4. The molecule has 0 amide bonds. The Hall–Kier alpha value is -2.68. The summed E-state index contributed by atoms with van der Waals surface area (Å²) < 4.78 is 6.28. The Labute approximate surface area is 103 Å². The highest BCUT2D eigenvalue weighted by atomic mass is 16.5. The molecule has 6 heteroatoms. The number of esters is 1. The number of carbonyl (C=O) groups excluding carboxylic acids is 1. The summed E-state index contributed by atoms with van der Waals surface area (Å²) >= 11 is 0. The third-order valence-corrected chi connectivity index (χ3v) is 2.18. The van der Waals surface area contributed by atoms with Crippen LogP contribution in [0.25, 0.3) is 5.82 Å². The van der Waals surface area contributed by atoms with Gasteiger partial charge in [0.2, 0.25) is 0 Å². The Morgan fingerprint density at radius 2 is 2.39 bits per heavy atom. The Morgan fingerprint density at radius 3 is 3.11 bits per heavy atom. The van der Waals surface area contributed by atoms with Crippen LogP contribution in [0.3, 0.4) is 0 Å². The zero-order valence-corrected chi connectivity index (χ0v) is 9.70. The summed E-state index contributed by atoms with van der Waals surface area (Å²) in [5, 5.41) is 12.8. The van der Waals surface area contributed by atoms with Crippen molar-refractivity contribution in [3.05, 3.63) is 41.9 Å². The van der Waals surface area contributed by atoms with Crippen molar-refractivity contribution < 1.29 is 9.53 Å². The Bertz CT molecular complexity index is 613. The highest BCUT2D eigenvalue weighted by Crippen LogP contribution is 2.07. The summed E-state index contributed by atoms with van der Waals surface area (Å²) in [4.78, 5) is 15.5. The first-order chi connectivity index (χ1) is 8.74. The third-order valence-electron chi connectivity index (χ3n) is 2.18. The predicted molar refractivity (Wildman–Crippen MR) is 62.0 cm³/mol. The minimum absolute atomic E-state index is 0.292. The molecule has 90 valence electrons. The van der Waals surface area contributed by atoms with E-state index in [4.69, 9.17) is 10.00 Å². The van der Waals surface area contributed by atoms with Crippen molar-refractivity contribution in [2.24, 2.45) is 0 Å².